The molecule has 0 aliphatic carbocycles. The van der Waals surface area contributed by atoms with Crippen LogP contribution in [-0.4, -0.2) is 11.7 Å². The van der Waals surface area contributed by atoms with Crippen molar-refractivity contribution in [1.29, 1.82) is 0 Å². The number of benzene rings is 8. The van der Waals surface area contributed by atoms with E-state index in [4.69, 9.17) is 15.7 Å². The fraction of sp³-hybridized carbons (Fsp3) is 0.0566. The van der Waals surface area contributed by atoms with E-state index in [1.807, 2.05) is 48.2 Å². The summed E-state index contributed by atoms with van der Waals surface area (Å²) in [4.78, 5) is 12.7. The van der Waals surface area contributed by atoms with Crippen LogP contribution in [0.5, 0.6) is 0 Å². The van der Waals surface area contributed by atoms with Gasteiger partial charge in [0.15, 0.2) is 5.84 Å². The van der Waals surface area contributed by atoms with Crippen molar-refractivity contribution in [1.82, 2.24) is 0 Å². The zero-order valence-corrected chi connectivity index (χ0v) is 32.5. The van der Waals surface area contributed by atoms with Gasteiger partial charge >= 0.3 is 0 Å². The molecule has 0 aromatic heterocycles. The Morgan fingerprint density at radius 2 is 1.02 bits per heavy atom. The minimum absolute atomic E-state index is 0.165. The molecule has 9 rings (SSSR count). The number of nitrogens with zero attached hydrogens (tertiary/aromatic N) is 2. The summed E-state index contributed by atoms with van der Waals surface area (Å²) in [5, 5.41) is 0. The largest absolute Gasteiger partial charge is 0.383 e. The molecule has 2 N–H and O–H groups in total. The second kappa shape index (κ2) is 15.8. The summed E-state index contributed by atoms with van der Waals surface area (Å²) >= 11 is 1.85. The van der Waals surface area contributed by atoms with Gasteiger partial charge in [-0.3, -0.25) is 4.99 Å². The maximum atomic E-state index is 6.85. The smallest absolute Gasteiger partial charge is 0.157 e. The molecule has 0 spiro atoms. The fourth-order valence-electron chi connectivity index (χ4n) is 8.20. The van der Waals surface area contributed by atoms with Crippen molar-refractivity contribution in [2.45, 2.75) is 28.2 Å². The van der Waals surface area contributed by atoms with Gasteiger partial charge in [-0.05, 0) is 63.1 Å². The molecule has 1 unspecified atom stereocenters. The first-order valence-corrected chi connectivity index (χ1v) is 20.2. The molecular formula is C53H41N3S. The van der Waals surface area contributed by atoms with Gasteiger partial charge in [-0.25, -0.2) is 4.99 Å². The molecule has 3 nitrogen and oxygen atoms in total. The maximum Gasteiger partial charge on any atom is 0.157 e. The zero-order valence-electron chi connectivity index (χ0n) is 31.7. The summed E-state index contributed by atoms with van der Waals surface area (Å²) in [5.74, 6) is 1.01. The van der Waals surface area contributed by atoms with Crippen LogP contribution in [0.15, 0.2) is 232 Å². The molecule has 0 saturated heterocycles. The van der Waals surface area contributed by atoms with Crippen molar-refractivity contribution in [2.24, 2.45) is 15.7 Å². The van der Waals surface area contributed by atoms with Gasteiger partial charge in [-0.2, -0.15) is 0 Å². The normalized spacial score (nSPS) is 14.0. The van der Waals surface area contributed by atoms with Gasteiger partial charge in [0, 0.05) is 20.9 Å². The first kappa shape index (κ1) is 35.9. The molecule has 1 atom stereocenters. The molecule has 0 fully saturated rings. The number of hydrogen-bond acceptors (Lipinski definition) is 2. The van der Waals surface area contributed by atoms with Gasteiger partial charge in [-0.1, -0.05) is 218 Å². The topological polar surface area (TPSA) is 50.7 Å². The predicted molar refractivity (Wildman–Crippen MR) is 238 cm³/mol. The van der Waals surface area contributed by atoms with E-state index < -0.39 is 5.41 Å². The summed E-state index contributed by atoms with van der Waals surface area (Å²) < 4.78 is 0. The Balaban J connectivity index is 1.11. The zero-order chi connectivity index (χ0) is 38.6. The molecule has 4 heteroatoms. The van der Waals surface area contributed by atoms with Gasteiger partial charge in [0.05, 0.1) is 11.5 Å². The monoisotopic (exact) mass is 751 g/mol. The quantitative estimate of drug-likeness (QED) is 0.124. The van der Waals surface area contributed by atoms with E-state index in [0.29, 0.717) is 11.7 Å². The predicted octanol–water partition coefficient (Wildman–Crippen LogP) is 12.8. The molecule has 8 aromatic carbocycles. The van der Waals surface area contributed by atoms with Gasteiger partial charge in [0.2, 0.25) is 0 Å². The van der Waals surface area contributed by atoms with Gasteiger partial charge in [0.1, 0.15) is 5.84 Å². The molecule has 57 heavy (non-hydrogen) atoms. The summed E-state index contributed by atoms with van der Waals surface area (Å²) in [7, 11) is 0. The average molecular weight is 752 g/mol. The van der Waals surface area contributed by atoms with Crippen LogP contribution >= 0.6 is 11.8 Å². The molecule has 0 radical (unpaired) electrons. The Kier molecular flexibility index (Phi) is 9.94. The van der Waals surface area contributed by atoms with Crippen LogP contribution in [0.1, 0.15) is 51.9 Å². The molecule has 1 heterocycles. The van der Waals surface area contributed by atoms with Crippen LogP contribution in [0.25, 0.3) is 22.3 Å². The molecule has 1 aliphatic rings. The standard InChI is InChI=1S/C53H41N3S/c1-37(44-27-14-15-28-45(44)38-19-6-2-7-20-38)55-52(41-21-8-3-9-22-41)56-51(54)40-35-33-39(34-36-40)46-29-18-31-48-50(46)57-49-32-17-16-30-47(49)53(48,42-23-10-4-11-24-42)43-25-12-5-13-26-43/h2-37H,1H3,(H2,54,55,56). The molecule has 8 aromatic rings. The van der Waals surface area contributed by atoms with Gasteiger partial charge in [0.25, 0.3) is 0 Å². The Labute approximate surface area is 339 Å². The number of hydrogen-bond donors (Lipinski definition) is 1. The van der Waals surface area contributed by atoms with E-state index in [1.165, 1.54) is 37.6 Å². The number of amidine groups is 2. The highest BCUT2D eigenvalue weighted by Gasteiger charge is 2.44. The highest BCUT2D eigenvalue weighted by atomic mass is 32.2. The SMILES string of the molecule is CC(/N=C(\N=C(/N)c1ccc(-c2cccc3c2Sc2ccccc2C3(c2ccccc2)c2ccccc2)cc1)c1ccccc1)c1ccccc1-c1ccccc1. The second-order valence-electron chi connectivity index (χ2n) is 14.3. The highest BCUT2D eigenvalue weighted by Crippen LogP contribution is 2.57. The first-order valence-electron chi connectivity index (χ1n) is 19.4. The van der Waals surface area contributed by atoms with Crippen molar-refractivity contribution in [2.75, 3.05) is 0 Å². The van der Waals surface area contributed by atoms with E-state index in [-0.39, 0.29) is 6.04 Å². The van der Waals surface area contributed by atoms with E-state index in [0.717, 1.165) is 33.4 Å². The van der Waals surface area contributed by atoms with Crippen molar-refractivity contribution < 1.29 is 0 Å². The Morgan fingerprint density at radius 1 is 0.491 bits per heavy atom. The second-order valence-corrected chi connectivity index (χ2v) is 15.3. The van der Waals surface area contributed by atoms with Crippen molar-refractivity contribution in [3.63, 3.8) is 0 Å². The van der Waals surface area contributed by atoms with Crippen LogP contribution < -0.4 is 5.73 Å². The highest BCUT2D eigenvalue weighted by molar-refractivity contribution is 7.99. The molecular weight excluding hydrogens is 711 g/mol. The van der Waals surface area contributed by atoms with Crippen LogP contribution in [0.3, 0.4) is 0 Å². The van der Waals surface area contributed by atoms with Crippen molar-refractivity contribution in [3.8, 4) is 22.3 Å². The van der Waals surface area contributed by atoms with E-state index in [2.05, 4.69) is 183 Å². The molecule has 0 saturated carbocycles. The first-order chi connectivity index (χ1) is 28.1. The van der Waals surface area contributed by atoms with E-state index >= 15 is 0 Å². The molecule has 0 amide bonds. The molecule has 1 aliphatic heterocycles. The fourth-order valence-corrected chi connectivity index (χ4v) is 9.53. The van der Waals surface area contributed by atoms with Crippen LogP contribution in [-0.2, 0) is 5.41 Å². The Bertz CT molecular complexity index is 2670. The number of rotatable bonds is 8. The lowest BCUT2D eigenvalue weighted by molar-refractivity contribution is 0.703. The third-order valence-corrected chi connectivity index (χ3v) is 12.1. The van der Waals surface area contributed by atoms with E-state index in [1.54, 1.807) is 0 Å². The molecule has 274 valence electrons. The minimum atomic E-state index is -0.487. The lowest BCUT2D eigenvalue weighted by atomic mass is 9.64. The minimum Gasteiger partial charge on any atom is -0.383 e. The number of nitrogens with two attached hydrogens (primary N) is 1. The van der Waals surface area contributed by atoms with Gasteiger partial charge < -0.3 is 5.73 Å². The van der Waals surface area contributed by atoms with E-state index in [9.17, 15) is 0 Å². The van der Waals surface area contributed by atoms with Crippen LogP contribution in [0, 0.1) is 0 Å². The maximum absolute atomic E-state index is 6.85. The average Bonchev–Trinajstić information content (AvgIpc) is 3.29. The van der Waals surface area contributed by atoms with Crippen LogP contribution in [0.2, 0.25) is 0 Å². The summed E-state index contributed by atoms with van der Waals surface area (Å²) in [6, 6.07) is 74.8. The molecule has 0 bridgehead atoms. The Morgan fingerprint density at radius 3 is 1.70 bits per heavy atom. The third kappa shape index (κ3) is 6.79. The summed E-state index contributed by atoms with van der Waals surface area (Å²) in [5.41, 5.74) is 18.9. The van der Waals surface area contributed by atoms with Crippen molar-refractivity contribution in [3.05, 3.63) is 251 Å². The Hall–Kier alpha value is -6.75. The lowest BCUT2D eigenvalue weighted by Crippen LogP contribution is -2.34. The lowest BCUT2D eigenvalue weighted by Gasteiger charge is -2.42. The summed E-state index contributed by atoms with van der Waals surface area (Å²) in [6.45, 7) is 2.12. The van der Waals surface area contributed by atoms with Gasteiger partial charge in [-0.15, -0.1) is 0 Å². The number of aliphatic imine (C=N–C) groups is 2. The summed E-state index contributed by atoms with van der Waals surface area (Å²) in [6.07, 6.45) is 0. The van der Waals surface area contributed by atoms with Crippen molar-refractivity contribution >= 4 is 23.4 Å². The van der Waals surface area contributed by atoms with Crippen LogP contribution in [0.4, 0.5) is 0 Å². The number of fused-ring (bicyclic) bond motifs is 2. The third-order valence-electron chi connectivity index (χ3n) is 10.9.